The van der Waals surface area contributed by atoms with Crippen LogP contribution in [0, 0.1) is 5.41 Å². The van der Waals surface area contributed by atoms with E-state index in [0.29, 0.717) is 26.1 Å². The van der Waals surface area contributed by atoms with Crippen LogP contribution in [0.2, 0.25) is 0 Å². The van der Waals surface area contributed by atoms with Crippen LogP contribution >= 0.6 is 11.3 Å². The maximum atomic E-state index is 12.6. The normalized spacial score (nSPS) is 20.0. The third-order valence-electron chi connectivity index (χ3n) is 3.88. The highest BCUT2D eigenvalue weighted by Crippen LogP contribution is 2.31. The summed E-state index contributed by atoms with van der Waals surface area (Å²) in [5.74, 6) is -0.227. The highest BCUT2D eigenvalue weighted by atomic mass is 32.1. The number of carbonyl (C=O) groups is 1. The van der Waals surface area contributed by atoms with Crippen molar-refractivity contribution in [1.82, 2.24) is 5.32 Å². The molecular weight excluding hydrogens is 290 g/mol. The average Bonchev–Trinajstić information content (AvgIpc) is 2.99. The number of hydrogen-bond donors (Lipinski definition) is 3. The quantitative estimate of drug-likeness (QED) is 0.331. The smallest absolute Gasteiger partial charge is 0.234 e. The molecule has 1 fully saturated rings. The summed E-state index contributed by atoms with van der Waals surface area (Å²) < 4.78 is 5.29. The predicted octanol–water partition coefficient (Wildman–Crippen LogP) is 1.34. The minimum absolute atomic E-state index is 0.0155. The SMILES string of the molecule is CC(Cc1ccsc1)NC(=O)C1(C(N)=NO)CCOCC1. The van der Waals surface area contributed by atoms with Crippen LogP contribution in [-0.4, -0.2) is 36.2 Å². The van der Waals surface area contributed by atoms with Crippen LogP contribution in [-0.2, 0) is 16.0 Å². The predicted molar refractivity (Wildman–Crippen MR) is 81.5 cm³/mol. The van der Waals surface area contributed by atoms with Crippen molar-refractivity contribution in [3.63, 3.8) is 0 Å². The molecule has 6 nitrogen and oxygen atoms in total. The first-order valence-electron chi connectivity index (χ1n) is 6.96. The van der Waals surface area contributed by atoms with Crippen molar-refractivity contribution in [1.29, 1.82) is 0 Å². The van der Waals surface area contributed by atoms with Gasteiger partial charge in [0.2, 0.25) is 5.91 Å². The number of ether oxygens (including phenoxy) is 1. The van der Waals surface area contributed by atoms with Gasteiger partial charge in [-0.05, 0) is 48.6 Å². The first-order valence-corrected chi connectivity index (χ1v) is 7.90. The number of thiophene rings is 1. The van der Waals surface area contributed by atoms with Crippen molar-refractivity contribution in [3.8, 4) is 0 Å². The van der Waals surface area contributed by atoms with Gasteiger partial charge in [-0.1, -0.05) is 5.16 Å². The van der Waals surface area contributed by atoms with Crippen molar-refractivity contribution in [2.75, 3.05) is 13.2 Å². The van der Waals surface area contributed by atoms with E-state index in [2.05, 4.69) is 15.9 Å². The fourth-order valence-electron chi connectivity index (χ4n) is 2.59. The Bertz CT molecular complexity index is 496. The van der Waals surface area contributed by atoms with Gasteiger partial charge in [-0.25, -0.2) is 0 Å². The number of nitrogens with two attached hydrogens (primary N) is 1. The fourth-order valence-corrected chi connectivity index (χ4v) is 3.27. The summed E-state index contributed by atoms with van der Waals surface area (Å²) >= 11 is 1.63. The van der Waals surface area contributed by atoms with Gasteiger partial charge in [-0.2, -0.15) is 11.3 Å². The van der Waals surface area contributed by atoms with Crippen molar-refractivity contribution < 1.29 is 14.7 Å². The van der Waals surface area contributed by atoms with Crippen molar-refractivity contribution in [2.24, 2.45) is 16.3 Å². The standard InChI is InChI=1S/C14H21N3O3S/c1-10(8-11-2-7-21-9-11)16-13(18)14(12(15)17-19)3-5-20-6-4-14/h2,7,9-10,19H,3-6,8H2,1H3,(H2,15,17)(H,16,18). The molecule has 0 aliphatic carbocycles. The van der Waals surface area contributed by atoms with E-state index in [1.165, 1.54) is 5.56 Å². The van der Waals surface area contributed by atoms with Gasteiger partial charge < -0.3 is 21.0 Å². The van der Waals surface area contributed by atoms with Gasteiger partial charge in [-0.3, -0.25) is 4.79 Å². The van der Waals surface area contributed by atoms with Crippen LogP contribution in [0.4, 0.5) is 0 Å². The third-order valence-corrected chi connectivity index (χ3v) is 4.61. The number of carbonyl (C=O) groups excluding carboxylic acids is 1. The third kappa shape index (κ3) is 3.54. The zero-order valence-corrected chi connectivity index (χ0v) is 12.9. The summed E-state index contributed by atoms with van der Waals surface area (Å²) in [5, 5.41) is 19.1. The van der Waals surface area contributed by atoms with E-state index in [1.807, 2.05) is 18.4 Å². The van der Waals surface area contributed by atoms with Gasteiger partial charge in [0, 0.05) is 19.3 Å². The number of rotatable bonds is 5. The second-order valence-electron chi connectivity index (χ2n) is 5.39. The molecule has 1 atom stereocenters. The fraction of sp³-hybridized carbons (Fsp3) is 0.571. The van der Waals surface area contributed by atoms with E-state index < -0.39 is 5.41 Å². The van der Waals surface area contributed by atoms with E-state index in [1.54, 1.807) is 11.3 Å². The van der Waals surface area contributed by atoms with Crippen molar-refractivity contribution in [3.05, 3.63) is 22.4 Å². The first-order chi connectivity index (χ1) is 10.1. The van der Waals surface area contributed by atoms with E-state index in [9.17, 15) is 4.79 Å². The summed E-state index contributed by atoms with van der Waals surface area (Å²) in [6.45, 7) is 2.82. The molecule has 4 N–H and O–H groups in total. The molecule has 2 rings (SSSR count). The van der Waals surface area contributed by atoms with Crippen molar-refractivity contribution >= 4 is 23.1 Å². The minimum Gasteiger partial charge on any atom is -0.409 e. The lowest BCUT2D eigenvalue weighted by atomic mass is 9.78. The second kappa shape index (κ2) is 6.91. The molecule has 116 valence electrons. The topological polar surface area (TPSA) is 96.9 Å². The largest absolute Gasteiger partial charge is 0.409 e. The summed E-state index contributed by atoms with van der Waals surface area (Å²) in [6.07, 6.45) is 1.62. The van der Waals surface area contributed by atoms with Gasteiger partial charge in [-0.15, -0.1) is 0 Å². The molecular formula is C14H21N3O3S. The lowest BCUT2D eigenvalue weighted by molar-refractivity contribution is -0.132. The number of amidine groups is 1. The van der Waals surface area contributed by atoms with Crippen LogP contribution in [0.25, 0.3) is 0 Å². The van der Waals surface area contributed by atoms with Crippen LogP contribution in [0.3, 0.4) is 0 Å². The molecule has 0 spiro atoms. The molecule has 1 unspecified atom stereocenters. The number of oxime groups is 1. The lowest BCUT2D eigenvalue weighted by Crippen LogP contribution is -2.54. The van der Waals surface area contributed by atoms with E-state index in [4.69, 9.17) is 15.7 Å². The molecule has 1 aromatic heterocycles. The molecule has 0 saturated carbocycles. The van der Waals surface area contributed by atoms with Gasteiger partial charge >= 0.3 is 0 Å². The zero-order chi connectivity index (χ0) is 15.3. The Labute approximate surface area is 128 Å². The van der Waals surface area contributed by atoms with Gasteiger partial charge in [0.25, 0.3) is 0 Å². The molecule has 1 amide bonds. The summed E-state index contributed by atoms with van der Waals surface area (Å²) in [6, 6.07) is 2.03. The number of nitrogens with zero attached hydrogens (tertiary/aromatic N) is 1. The van der Waals surface area contributed by atoms with Gasteiger partial charge in [0.1, 0.15) is 5.41 Å². The number of amides is 1. The summed E-state index contributed by atoms with van der Waals surface area (Å²) in [7, 11) is 0. The second-order valence-corrected chi connectivity index (χ2v) is 6.17. The van der Waals surface area contributed by atoms with Crippen LogP contribution in [0.5, 0.6) is 0 Å². The molecule has 2 heterocycles. The van der Waals surface area contributed by atoms with Crippen LogP contribution in [0.15, 0.2) is 22.0 Å². The maximum absolute atomic E-state index is 12.6. The lowest BCUT2D eigenvalue weighted by Gasteiger charge is -2.35. The molecule has 1 aliphatic heterocycles. The zero-order valence-electron chi connectivity index (χ0n) is 12.0. The number of nitrogens with one attached hydrogen (secondary N) is 1. The first kappa shape index (κ1) is 15.8. The van der Waals surface area contributed by atoms with E-state index in [-0.39, 0.29) is 17.8 Å². The Kier molecular flexibility index (Phi) is 5.19. The Balaban J connectivity index is 2.04. The van der Waals surface area contributed by atoms with Crippen LogP contribution < -0.4 is 11.1 Å². The van der Waals surface area contributed by atoms with E-state index >= 15 is 0 Å². The number of hydrogen-bond acceptors (Lipinski definition) is 5. The maximum Gasteiger partial charge on any atom is 0.234 e. The molecule has 21 heavy (non-hydrogen) atoms. The molecule has 1 aliphatic rings. The van der Waals surface area contributed by atoms with Gasteiger partial charge in [0.15, 0.2) is 5.84 Å². The molecule has 1 aromatic rings. The minimum atomic E-state index is -0.962. The molecule has 7 heteroatoms. The van der Waals surface area contributed by atoms with E-state index in [0.717, 1.165) is 6.42 Å². The molecule has 0 bridgehead atoms. The Morgan fingerprint density at radius 1 is 1.62 bits per heavy atom. The Morgan fingerprint density at radius 2 is 2.33 bits per heavy atom. The summed E-state index contributed by atoms with van der Waals surface area (Å²) in [4.78, 5) is 12.6. The highest BCUT2D eigenvalue weighted by molar-refractivity contribution is 7.07. The summed E-state index contributed by atoms with van der Waals surface area (Å²) in [5.41, 5.74) is 6.01. The highest BCUT2D eigenvalue weighted by Gasteiger charge is 2.44. The van der Waals surface area contributed by atoms with Gasteiger partial charge in [0.05, 0.1) is 0 Å². The van der Waals surface area contributed by atoms with Crippen LogP contribution in [0.1, 0.15) is 25.3 Å². The molecule has 0 aromatic carbocycles. The molecule has 1 saturated heterocycles. The average molecular weight is 311 g/mol. The molecule has 0 radical (unpaired) electrons. The Morgan fingerprint density at radius 3 is 2.90 bits per heavy atom. The Hall–Kier alpha value is -1.60. The van der Waals surface area contributed by atoms with Crippen molar-refractivity contribution in [2.45, 2.75) is 32.2 Å². The monoisotopic (exact) mass is 311 g/mol.